The minimum atomic E-state index is -0.313. The highest BCUT2D eigenvalue weighted by atomic mass is 79.9. The molecule has 0 aliphatic heterocycles. The van der Waals surface area contributed by atoms with Crippen molar-refractivity contribution in [1.29, 1.82) is 0 Å². The van der Waals surface area contributed by atoms with Crippen molar-refractivity contribution in [3.05, 3.63) is 28.5 Å². The van der Waals surface area contributed by atoms with Crippen LogP contribution in [0.3, 0.4) is 0 Å². The molecule has 1 amide bonds. The Bertz CT molecular complexity index is 357. The summed E-state index contributed by atoms with van der Waals surface area (Å²) in [7, 11) is 0. The van der Waals surface area contributed by atoms with E-state index in [1.807, 2.05) is 0 Å². The van der Waals surface area contributed by atoms with Gasteiger partial charge in [0.2, 0.25) is 5.91 Å². The van der Waals surface area contributed by atoms with Crippen LogP contribution in [-0.4, -0.2) is 19.0 Å². The van der Waals surface area contributed by atoms with Gasteiger partial charge in [0.25, 0.3) is 0 Å². The lowest BCUT2D eigenvalue weighted by molar-refractivity contribution is -0.118. The Hall–Kier alpha value is -1.10. The van der Waals surface area contributed by atoms with E-state index in [0.29, 0.717) is 23.2 Å². The summed E-state index contributed by atoms with van der Waals surface area (Å²) in [6, 6.07) is 4.79. The van der Waals surface area contributed by atoms with Crippen LogP contribution in [0.4, 0.5) is 10.1 Å². The Morgan fingerprint density at radius 2 is 2.20 bits per heavy atom. The van der Waals surface area contributed by atoms with Crippen molar-refractivity contribution in [3.63, 3.8) is 0 Å². The fourth-order valence-corrected chi connectivity index (χ4v) is 1.40. The number of hydrogen-bond donors (Lipinski definition) is 2. The third-order valence-electron chi connectivity index (χ3n) is 1.75. The molecule has 0 saturated carbocycles. The van der Waals surface area contributed by atoms with E-state index in [2.05, 4.69) is 26.6 Å². The average molecular weight is 275 g/mol. The quantitative estimate of drug-likeness (QED) is 0.826. The van der Waals surface area contributed by atoms with Crippen LogP contribution >= 0.6 is 15.9 Å². The largest absolute Gasteiger partial charge is 0.381 e. The molecule has 0 unspecified atom stereocenters. The molecular weight excluding hydrogens is 263 g/mol. The minimum Gasteiger partial charge on any atom is -0.381 e. The van der Waals surface area contributed by atoms with Crippen molar-refractivity contribution in [3.8, 4) is 0 Å². The van der Waals surface area contributed by atoms with E-state index >= 15 is 0 Å². The molecule has 0 fully saturated rings. The van der Waals surface area contributed by atoms with Gasteiger partial charge in [-0.2, -0.15) is 0 Å². The van der Waals surface area contributed by atoms with Crippen molar-refractivity contribution >= 4 is 27.5 Å². The van der Waals surface area contributed by atoms with E-state index in [4.69, 9.17) is 0 Å². The molecule has 0 radical (unpaired) electrons. The highest BCUT2D eigenvalue weighted by Crippen LogP contribution is 2.18. The van der Waals surface area contributed by atoms with E-state index in [1.165, 1.54) is 13.0 Å². The second kappa shape index (κ2) is 5.70. The van der Waals surface area contributed by atoms with Crippen molar-refractivity contribution < 1.29 is 9.18 Å². The molecule has 1 aromatic carbocycles. The first kappa shape index (κ1) is 12.0. The van der Waals surface area contributed by atoms with E-state index < -0.39 is 0 Å². The fraction of sp³-hybridized carbons (Fsp3) is 0.300. The summed E-state index contributed by atoms with van der Waals surface area (Å²) < 4.78 is 14.0. The molecule has 0 heterocycles. The van der Waals surface area contributed by atoms with E-state index in [-0.39, 0.29) is 11.7 Å². The van der Waals surface area contributed by atoms with Crippen molar-refractivity contribution in [1.82, 2.24) is 5.32 Å². The third-order valence-corrected chi connectivity index (χ3v) is 2.24. The van der Waals surface area contributed by atoms with Gasteiger partial charge in [-0.15, -0.1) is 0 Å². The van der Waals surface area contributed by atoms with E-state index in [9.17, 15) is 9.18 Å². The summed E-state index contributed by atoms with van der Waals surface area (Å²) in [6.07, 6.45) is 0. The van der Waals surface area contributed by atoms with Crippen LogP contribution in [0.1, 0.15) is 6.92 Å². The number of anilines is 1. The zero-order valence-corrected chi connectivity index (χ0v) is 9.90. The molecule has 5 heteroatoms. The molecule has 82 valence electrons. The number of amides is 1. The zero-order chi connectivity index (χ0) is 11.3. The molecule has 15 heavy (non-hydrogen) atoms. The first-order valence-corrected chi connectivity index (χ1v) is 5.32. The molecule has 1 aromatic rings. The summed E-state index contributed by atoms with van der Waals surface area (Å²) in [5.41, 5.74) is 0.434. The van der Waals surface area contributed by atoms with Crippen molar-refractivity contribution in [2.75, 3.05) is 18.4 Å². The maximum absolute atomic E-state index is 13.3. The van der Waals surface area contributed by atoms with Crippen LogP contribution in [0.25, 0.3) is 0 Å². The number of hydrogen-bond acceptors (Lipinski definition) is 2. The second-order valence-corrected chi connectivity index (χ2v) is 3.95. The van der Waals surface area contributed by atoms with Crippen molar-refractivity contribution in [2.45, 2.75) is 6.92 Å². The third kappa shape index (κ3) is 4.29. The number of halogens is 2. The predicted octanol–water partition coefficient (Wildman–Crippen LogP) is 2.14. The first-order chi connectivity index (χ1) is 7.09. The molecule has 2 N–H and O–H groups in total. The van der Waals surface area contributed by atoms with Crippen LogP contribution in [0.2, 0.25) is 0 Å². The van der Waals surface area contributed by atoms with Gasteiger partial charge in [-0.1, -0.05) is 15.9 Å². The number of rotatable bonds is 4. The van der Waals surface area contributed by atoms with E-state index in [1.54, 1.807) is 12.1 Å². The maximum atomic E-state index is 13.3. The molecule has 1 rings (SSSR count). The number of carbonyl (C=O) groups excluding carboxylic acids is 1. The highest BCUT2D eigenvalue weighted by Gasteiger charge is 2.01. The minimum absolute atomic E-state index is 0.0897. The number of nitrogens with one attached hydrogen (secondary N) is 2. The van der Waals surface area contributed by atoms with Gasteiger partial charge >= 0.3 is 0 Å². The van der Waals surface area contributed by atoms with E-state index in [0.717, 1.165) is 0 Å². The normalized spacial score (nSPS) is 9.80. The van der Waals surface area contributed by atoms with Gasteiger partial charge in [0.1, 0.15) is 5.82 Å². The predicted molar refractivity (Wildman–Crippen MR) is 61.3 cm³/mol. The SMILES string of the molecule is CC(=O)NCCNc1ccc(Br)cc1F. The summed E-state index contributed by atoms with van der Waals surface area (Å²) in [5.74, 6) is -0.403. The Morgan fingerprint density at radius 1 is 1.47 bits per heavy atom. The Kier molecular flexibility index (Phi) is 4.55. The Morgan fingerprint density at radius 3 is 2.80 bits per heavy atom. The van der Waals surface area contributed by atoms with Crippen LogP contribution in [0.5, 0.6) is 0 Å². The maximum Gasteiger partial charge on any atom is 0.216 e. The lowest BCUT2D eigenvalue weighted by Crippen LogP contribution is -2.26. The van der Waals surface area contributed by atoms with Crippen LogP contribution < -0.4 is 10.6 Å². The summed E-state index contributed by atoms with van der Waals surface area (Å²) in [4.78, 5) is 10.5. The van der Waals surface area contributed by atoms with Gasteiger partial charge in [-0.25, -0.2) is 4.39 Å². The molecule has 3 nitrogen and oxygen atoms in total. The lowest BCUT2D eigenvalue weighted by Gasteiger charge is -2.07. The Labute approximate surface area is 96.2 Å². The molecule has 0 aliphatic rings. The second-order valence-electron chi connectivity index (χ2n) is 3.03. The molecule has 0 atom stereocenters. The molecule has 0 aliphatic carbocycles. The number of benzene rings is 1. The molecule has 0 aromatic heterocycles. The molecular formula is C10H12BrFN2O. The van der Waals surface area contributed by atoms with Crippen LogP contribution in [0.15, 0.2) is 22.7 Å². The summed E-state index contributed by atoms with van der Waals surface area (Å²) in [6.45, 7) is 2.42. The molecule has 0 saturated heterocycles. The van der Waals surface area contributed by atoms with Gasteiger partial charge in [0.05, 0.1) is 5.69 Å². The van der Waals surface area contributed by atoms with Gasteiger partial charge in [-0.05, 0) is 18.2 Å². The average Bonchev–Trinajstić information content (AvgIpc) is 2.14. The first-order valence-electron chi connectivity index (χ1n) is 4.53. The zero-order valence-electron chi connectivity index (χ0n) is 8.31. The summed E-state index contributed by atoms with van der Waals surface area (Å²) >= 11 is 3.17. The van der Waals surface area contributed by atoms with Gasteiger partial charge < -0.3 is 10.6 Å². The van der Waals surface area contributed by atoms with Gasteiger partial charge in [0, 0.05) is 24.5 Å². The van der Waals surface area contributed by atoms with Gasteiger partial charge in [0.15, 0.2) is 0 Å². The fourth-order valence-electron chi connectivity index (χ4n) is 1.07. The topological polar surface area (TPSA) is 41.1 Å². The molecule has 0 bridgehead atoms. The summed E-state index contributed by atoms with van der Waals surface area (Å²) in [5, 5.41) is 5.50. The monoisotopic (exact) mass is 274 g/mol. The van der Waals surface area contributed by atoms with Crippen molar-refractivity contribution in [2.24, 2.45) is 0 Å². The number of carbonyl (C=O) groups is 1. The van der Waals surface area contributed by atoms with Crippen LogP contribution in [-0.2, 0) is 4.79 Å². The lowest BCUT2D eigenvalue weighted by atomic mass is 10.3. The highest BCUT2D eigenvalue weighted by molar-refractivity contribution is 9.10. The molecule has 0 spiro atoms. The Balaban J connectivity index is 2.40. The standard InChI is InChI=1S/C10H12BrFN2O/c1-7(15)13-4-5-14-10-3-2-8(11)6-9(10)12/h2-3,6,14H,4-5H2,1H3,(H,13,15). The smallest absolute Gasteiger partial charge is 0.216 e. The van der Waals surface area contributed by atoms with Crippen LogP contribution in [0, 0.1) is 5.82 Å². The van der Waals surface area contributed by atoms with Gasteiger partial charge in [-0.3, -0.25) is 4.79 Å².